The van der Waals surface area contributed by atoms with Gasteiger partial charge in [0.15, 0.2) is 0 Å². The summed E-state index contributed by atoms with van der Waals surface area (Å²) >= 11 is 0. The Balaban J connectivity index is 2.40. The third kappa shape index (κ3) is 4.04. The number of ether oxygens (including phenoxy) is 1. The van der Waals surface area contributed by atoms with E-state index < -0.39 is 0 Å². The van der Waals surface area contributed by atoms with Crippen LogP contribution in [0.5, 0.6) is 0 Å². The Morgan fingerprint density at radius 2 is 2.12 bits per heavy atom. The molecule has 96 valence electrons. The molecule has 0 aromatic heterocycles. The summed E-state index contributed by atoms with van der Waals surface area (Å²) in [5, 5.41) is 3.57. The second kappa shape index (κ2) is 7.25. The van der Waals surface area contributed by atoms with Crippen LogP contribution >= 0.6 is 0 Å². The summed E-state index contributed by atoms with van der Waals surface area (Å²) in [5.74, 6) is 0. The molecule has 1 aliphatic rings. The summed E-state index contributed by atoms with van der Waals surface area (Å²) in [6.45, 7) is 9.78. The molecule has 3 heteroatoms. The first-order valence-electron chi connectivity index (χ1n) is 6.67. The van der Waals surface area contributed by atoms with E-state index in [1.54, 1.807) is 7.11 Å². The van der Waals surface area contributed by atoms with Crippen molar-refractivity contribution in [3.05, 3.63) is 0 Å². The highest BCUT2D eigenvalue weighted by atomic mass is 16.5. The van der Waals surface area contributed by atoms with E-state index in [-0.39, 0.29) is 0 Å². The lowest BCUT2D eigenvalue weighted by Crippen LogP contribution is -2.42. The molecule has 1 aliphatic carbocycles. The first-order valence-corrected chi connectivity index (χ1v) is 6.67. The molecule has 0 amide bonds. The third-order valence-corrected chi connectivity index (χ3v) is 3.58. The van der Waals surface area contributed by atoms with E-state index in [2.05, 4.69) is 31.0 Å². The van der Waals surface area contributed by atoms with Crippen LogP contribution < -0.4 is 5.32 Å². The highest BCUT2D eigenvalue weighted by Crippen LogP contribution is 2.25. The van der Waals surface area contributed by atoms with Crippen LogP contribution in [0.2, 0.25) is 0 Å². The zero-order valence-electron chi connectivity index (χ0n) is 11.3. The molecule has 0 aliphatic heterocycles. The summed E-state index contributed by atoms with van der Waals surface area (Å²) in [5.41, 5.74) is 0. The number of hydrogen-bond acceptors (Lipinski definition) is 3. The van der Waals surface area contributed by atoms with E-state index in [1.165, 1.54) is 19.3 Å². The fourth-order valence-electron chi connectivity index (χ4n) is 2.79. The second-order valence-electron chi connectivity index (χ2n) is 5.05. The molecule has 1 N–H and O–H groups in total. The van der Waals surface area contributed by atoms with Gasteiger partial charge in [0.25, 0.3) is 0 Å². The Bertz CT molecular complexity index is 185. The van der Waals surface area contributed by atoms with Crippen LogP contribution in [0.1, 0.15) is 40.0 Å². The Morgan fingerprint density at radius 3 is 2.69 bits per heavy atom. The number of nitrogens with zero attached hydrogens (tertiary/aromatic N) is 1. The predicted molar refractivity (Wildman–Crippen MR) is 68.8 cm³/mol. The highest BCUT2D eigenvalue weighted by Gasteiger charge is 2.29. The third-order valence-electron chi connectivity index (χ3n) is 3.58. The van der Waals surface area contributed by atoms with Crippen molar-refractivity contribution < 1.29 is 4.74 Å². The maximum Gasteiger partial charge on any atom is 0.0589 e. The van der Waals surface area contributed by atoms with Gasteiger partial charge in [-0.25, -0.2) is 0 Å². The minimum atomic E-state index is 0.625. The van der Waals surface area contributed by atoms with Gasteiger partial charge >= 0.3 is 0 Å². The maximum absolute atomic E-state index is 5.20. The summed E-state index contributed by atoms with van der Waals surface area (Å²) < 4.78 is 5.20. The van der Waals surface area contributed by atoms with Crippen molar-refractivity contribution in [1.82, 2.24) is 10.2 Å². The quantitative estimate of drug-likeness (QED) is 0.720. The van der Waals surface area contributed by atoms with Gasteiger partial charge < -0.3 is 10.1 Å². The van der Waals surface area contributed by atoms with Crippen molar-refractivity contribution >= 4 is 0 Å². The molecule has 0 aromatic rings. The van der Waals surface area contributed by atoms with Crippen LogP contribution in [0.15, 0.2) is 0 Å². The number of rotatable bonds is 7. The normalized spacial score (nSPS) is 25.9. The zero-order valence-corrected chi connectivity index (χ0v) is 11.3. The van der Waals surface area contributed by atoms with Crippen LogP contribution in [0.3, 0.4) is 0 Å². The van der Waals surface area contributed by atoms with Gasteiger partial charge in [0, 0.05) is 31.8 Å². The van der Waals surface area contributed by atoms with Crippen molar-refractivity contribution in [2.45, 2.75) is 58.2 Å². The largest absolute Gasteiger partial charge is 0.383 e. The van der Waals surface area contributed by atoms with Crippen LogP contribution in [0.25, 0.3) is 0 Å². The molecule has 0 spiro atoms. The molecule has 0 heterocycles. The SMILES string of the molecule is CCNC1CCC(N(CCOC)C(C)C)C1. The fraction of sp³-hybridized carbons (Fsp3) is 1.00. The second-order valence-corrected chi connectivity index (χ2v) is 5.05. The van der Waals surface area contributed by atoms with Crippen LogP contribution in [-0.4, -0.2) is 49.8 Å². The summed E-state index contributed by atoms with van der Waals surface area (Å²) in [7, 11) is 1.79. The Kier molecular flexibility index (Phi) is 6.32. The minimum Gasteiger partial charge on any atom is -0.383 e. The van der Waals surface area contributed by atoms with Gasteiger partial charge in [0.1, 0.15) is 0 Å². The lowest BCUT2D eigenvalue weighted by atomic mass is 10.1. The van der Waals surface area contributed by atoms with E-state index in [4.69, 9.17) is 4.74 Å². The Morgan fingerprint density at radius 1 is 1.38 bits per heavy atom. The van der Waals surface area contributed by atoms with Gasteiger partial charge in [-0.05, 0) is 39.7 Å². The molecule has 3 nitrogen and oxygen atoms in total. The number of methoxy groups -OCH3 is 1. The summed E-state index contributed by atoms with van der Waals surface area (Å²) in [6.07, 6.45) is 3.96. The molecule has 0 saturated heterocycles. The van der Waals surface area contributed by atoms with Gasteiger partial charge in [-0.15, -0.1) is 0 Å². The number of nitrogens with one attached hydrogen (secondary N) is 1. The van der Waals surface area contributed by atoms with E-state index >= 15 is 0 Å². The van der Waals surface area contributed by atoms with E-state index in [0.29, 0.717) is 6.04 Å². The minimum absolute atomic E-state index is 0.625. The molecule has 1 fully saturated rings. The molecule has 1 rings (SSSR count). The lowest BCUT2D eigenvalue weighted by molar-refractivity contribution is 0.0965. The van der Waals surface area contributed by atoms with Gasteiger partial charge in [-0.1, -0.05) is 6.92 Å². The smallest absolute Gasteiger partial charge is 0.0589 e. The standard InChI is InChI=1S/C13H28N2O/c1-5-14-12-6-7-13(10-12)15(11(2)3)8-9-16-4/h11-14H,5-10H2,1-4H3. The van der Waals surface area contributed by atoms with Crippen molar-refractivity contribution in [2.24, 2.45) is 0 Å². The first kappa shape index (κ1) is 13.9. The highest BCUT2D eigenvalue weighted by molar-refractivity contribution is 4.87. The van der Waals surface area contributed by atoms with E-state index in [1.807, 2.05) is 0 Å². The van der Waals surface area contributed by atoms with Gasteiger partial charge in [-0.3, -0.25) is 4.90 Å². The maximum atomic E-state index is 5.20. The Hall–Kier alpha value is -0.120. The molecule has 2 unspecified atom stereocenters. The Labute approximate surface area is 101 Å². The molecule has 16 heavy (non-hydrogen) atoms. The van der Waals surface area contributed by atoms with Crippen LogP contribution in [0.4, 0.5) is 0 Å². The summed E-state index contributed by atoms with van der Waals surface area (Å²) in [6, 6.07) is 2.11. The van der Waals surface area contributed by atoms with Crippen molar-refractivity contribution in [3.63, 3.8) is 0 Å². The summed E-state index contributed by atoms with van der Waals surface area (Å²) in [4.78, 5) is 2.60. The van der Waals surface area contributed by atoms with Crippen molar-refractivity contribution in [2.75, 3.05) is 26.8 Å². The zero-order chi connectivity index (χ0) is 12.0. The average molecular weight is 228 g/mol. The molecular weight excluding hydrogens is 200 g/mol. The van der Waals surface area contributed by atoms with Crippen molar-refractivity contribution in [1.29, 1.82) is 0 Å². The molecule has 0 aromatic carbocycles. The molecule has 0 bridgehead atoms. The fourth-order valence-corrected chi connectivity index (χ4v) is 2.79. The monoisotopic (exact) mass is 228 g/mol. The van der Waals surface area contributed by atoms with Gasteiger partial charge in [0.2, 0.25) is 0 Å². The topological polar surface area (TPSA) is 24.5 Å². The molecule has 2 atom stereocenters. The number of hydrogen-bond donors (Lipinski definition) is 1. The van der Waals surface area contributed by atoms with E-state index in [0.717, 1.165) is 31.8 Å². The average Bonchev–Trinajstić information content (AvgIpc) is 2.67. The van der Waals surface area contributed by atoms with E-state index in [9.17, 15) is 0 Å². The molecule has 0 radical (unpaired) electrons. The van der Waals surface area contributed by atoms with Gasteiger partial charge in [-0.2, -0.15) is 0 Å². The van der Waals surface area contributed by atoms with Gasteiger partial charge in [0.05, 0.1) is 6.61 Å². The van der Waals surface area contributed by atoms with Crippen LogP contribution in [0, 0.1) is 0 Å². The first-order chi connectivity index (χ1) is 7.69. The lowest BCUT2D eigenvalue weighted by Gasteiger charge is -2.32. The van der Waals surface area contributed by atoms with Crippen LogP contribution in [-0.2, 0) is 4.74 Å². The molecular formula is C13H28N2O. The predicted octanol–water partition coefficient (Wildman–Crippen LogP) is 1.87. The molecule has 1 saturated carbocycles. The van der Waals surface area contributed by atoms with Crippen molar-refractivity contribution in [3.8, 4) is 0 Å².